The predicted molar refractivity (Wildman–Crippen MR) is 58.4 cm³/mol. The van der Waals surface area contributed by atoms with Crippen molar-refractivity contribution in [2.75, 3.05) is 6.61 Å². The first-order chi connectivity index (χ1) is 7.52. The molecule has 1 aromatic rings. The van der Waals surface area contributed by atoms with Crippen LogP contribution in [-0.2, 0) is 20.7 Å². The van der Waals surface area contributed by atoms with E-state index in [-0.39, 0.29) is 6.42 Å². The van der Waals surface area contributed by atoms with Crippen molar-refractivity contribution in [2.24, 2.45) is 0 Å². The fraction of sp³-hybridized carbons (Fsp3) is 0.200. The molecule has 0 bridgehead atoms. The quantitative estimate of drug-likeness (QED) is 0.664. The minimum atomic E-state index is -0.991. The number of esters is 2. The summed E-state index contributed by atoms with van der Waals surface area (Å²) < 4.78 is 4.27. The highest BCUT2D eigenvalue weighted by molar-refractivity contribution is 6.35. The van der Waals surface area contributed by atoms with Gasteiger partial charge in [0.1, 0.15) is 6.61 Å². The fourth-order valence-corrected chi connectivity index (χ4v) is 1.49. The summed E-state index contributed by atoms with van der Waals surface area (Å²) in [4.78, 5) is 21.8. The molecule has 0 radical (unpaired) electrons. The second kappa shape index (κ2) is 5.84. The van der Waals surface area contributed by atoms with Gasteiger partial charge in [-0.1, -0.05) is 29.3 Å². The zero-order chi connectivity index (χ0) is 12.1. The van der Waals surface area contributed by atoms with Gasteiger partial charge in [-0.25, -0.2) is 4.79 Å². The molecule has 0 heterocycles. The van der Waals surface area contributed by atoms with Gasteiger partial charge in [0, 0.05) is 10.0 Å². The van der Waals surface area contributed by atoms with Gasteiger partial charge in [-0.05, 0) is 17.7 Å². The Hall–Kier alpha value is -1.10. The van der Waals surface area contributed by atoms with Crippen molar-refractivity contribution in [1.29, 1.82) is 0 Å². The molecule has 1 rings (SSSR count). The Morgan fingerprint density at radius 1 is 1.25 bits per heavy atom. The summed E-state index contributed by atoms with van der Waals surface area (Å²) in [6.07, 6.45) is -0.151. The van der Waals surface area contributed by atoms with Crippen LogP contribution in [0.1, 0.15) is 5.56 Å². The smallest absolute Gasteiger partial charge is 0.339 e. The third kappa shape index (κ3) is 3.81. The minimum Gasteiger partial charge on any atom is -0.391 e. The molecule has 4 nitrogen and oxygen atoms in total. The molecule has 0 amide bonds. The number of benzene rings is 1. The van der Waals surface area contributed by atoms with Crippen LogP contribution in [0.4, 0.5) is 0 Å². The number of carbonyl (C=O) groups is 2. The molecule has 0 aliphatic carbocycles. The Labute approximate surface area is 102 Å². The summed E-state index contributed by atoms with van der Waals surface area (Å²) in [5.41, 5.74) is 0.502. The van der Waals surface area contributed by atoms with Crippen LogP contribution >= 0.6 is 23.2 Å². The van der Waals surface area contributed by atoms with Crippen LogP contribution in [0.5, 0.6) is 0 Å². The number of rotatable bonds is 3. The molecule has 0 aliphatic rings. The minimum absolute atomic E-state index is 0.151. The number of aliphatic hydroxyl groups is 1. The van der Waals surface area contributed by atoms with E-state index in [4.69, 9.17) is 28.3 Å². The number of ether oxygens (including phenoxy) is 1. The second-order valence-corrected chi connectivity index (χ2v) is 3.76. The van der Waals surface area contributed by atoms with E-state index in [0.29, 0.717) is 15.6 Å². The Morgan fingerprint density at radius 2 is 1.94 bits per heavy atom. The summed E-state index contributed by atoms with van der Waals surface area (Å²) in [5.74, 6) is -1.77. The highest BCUT2D eigenvalue weighted by Crippen LogP contribution is 2.21. The number of aliphatic hydroxyl groups excluding tert-OH is 1. The van der Waals surface area contributed by atoms with Gasteiger partial charge in [0.05, 0.1) is 6.42 Å². The van der Waals surface area contributed by atoms with Crippen molar-refractivity contribution >= 4 is 35.1 Å². The van der Waals surface area contributed by atoms with Crippen molar-refractivity contribution in [3.63, 3.8) is 0 Å². The summed E-state index contributed by atoms with van der Waals surface area (Å²) in [6, 6.07) is 4.62. The van der Waals surface area contributed by atoms with E-state index in [1.807, 2.05) is 0 Å². The lowest BCUT2D eigenvalue weighted by Gasteiger charge is -2.04. The highest BCUT2D eigenvalue weighted by atomic mass is 35.5. The SMILES string of the molecule is O=C(CO)OC(=O)Cc1ccc(Cl)cc1Cl. The van der Waals surface area contributed by atoms with Crippen molar-refractivity contribution in [1.82, 2.24) is 0 Å². The lowest BCUT2D eigenvalue weighted by molar-refractivity contribution is -0.161. The molecule has 6 heteroatoms. The largest absolute Gasteiger partial charge is 0.391 e. The molecule has 1 aromatic carbocycles. The molecule has 1 N–H and O–H groups in total. The van der Waals surface area contributed by atoms with Crippen molar-refractivity contribution in [2.45, 2.75) is 6.42 Å². The fourth-order valence-electron chi connectivity index (χ4n) is 1.02. The first kappa shape index (κ1) is 13.0. The van der Waals surface area contributed by atoms with Crippen LogP contribution in [0.2, 0.25) is 10.0 Å². The predicted octanol–water partition coefficient (Wildman–Crippen LogP) is 1.60. The molecule has 16 heavy (non-hydrogen) atoms. The van der Waals surface area contributed by atoms with Crippen LogP contribution in [0.15, 0.2) is 18.2 Å². The van der Waals surface area contributed by atoms with Crippen LogP contribution in [0, 0.1) is 0 Å². The van der Waals surface area contributed by atoms with E-state index < -0.39 is 18.5 Å². The third-order valence-corrected chi connectivity index (χ3v) is 2.29. The van der Waals surface area contributed by atoms with Gasteiger partial charge < -0.3 is 9.84 Å². The average molecular weight is 263 g/mol. The summed E-state index contributed by atoms with van der Waals surface area (Å²) in [6.45, 7) is -0.833. The molecular formula is C10H8Cl2O4. The van der Waals surface area contributed by atoms with Gasteiger partial charge in [0.15, 0.2) is 0 Å². The summed E-state index contributed by atoms with van der Waals surface area (Å²) in [5, 5.41) is 9.14. The lowest BCUT2D eigenvalue weighted by atomic mass is 10.1. The maximum atomic E-state index is 11.2. The van der Waals surface area contributed by atoms with Gasteiger partial charge in [0.2, 0.25) is 0 Å². The summed E-state index contributed by atoms with van der Waals surface area (Å²) >= 11 is 11.5. The Kier molecular flexibility index (Phi) is 4.73. The normalized spacial score (nSPS) is 9.94. The maximum absolute atomic E-state index is 11.2. The lowest BCUT2D eigenvalue weighted by Crippen LogP contribution is -2.17. The maximum Gasteiger partial charge on any atom is 0.339 e. The molecule has 0 unspecified atom stereocenters. The average Bonchev–Trinajstić information content (AvgIpc) is 2.22. The van der Waals surface area contributed by atoms with Crippen LogP contribution in [0.25, 0.3) is 0 Å². The third-order valence-electron chi connectivity index (χ3n) is 1.71. The molecule has 0 aromatic heterocycles. The van der Waals surface area contributed by atoms with Crippen LogP contribution in [0.3, 0.4) is 0 Å². The molecular weight excluding hydrogens is 255 g/mol. The molecule has 0 atom stereocenters. The van der Waals surface area contributed by atoms with Crippen molar-refractivity contribution in [3.8, 4) is 0 Å². The Balaban J connectivity index is 2.66. The molecule has 0 saturated heterocycles. The first-order valence-electron chi connectivity index (χ1n) is 4.31. The highest BCUT2D eigenvalue weighted by Gasteiger charge is 2.12. The molecule has 0 saturated carbocycles. The van der Waals surface area contributed by atoms with E-state index >= 15 is 0 Å². The number of halogens is 2. The van der Waals surface area contributed by atoms with Gasteiger partial charge in [-0.3, -0.25) is 4.79 Å². The topological polar surface area (TPSA) is 63.6 Å². The zero-order valence-corrected chi connectivity index (χ0v) is 9.59. The van der Waals surface area contributed by atoms with Gasteiger partial charge in [-0.15, -0.1) is 0 Å². The Morgan fingerprint density at radius 3 is 2.50 bits per heavy atom. The van der Waals surface area contributed by atoms with E-state index in [0.717, 1.165) is 0 Å². The molecule has 0 aliphatic heterocycles. The molecule has 86 valence electrons. The monoisotopic (exact) mass is 262 g/mol. The summed E-state index contributed by atoms with van der Waals surface area (Å²) in [7, 11) is 0. The number of carbonyl (C=O) groups excluding carboxylic acids is 2. The molecule has 0 spiro atoms. The van der Waals surface area contributed by atoms with E-state index in [1.54, 1.807) is 12.1 Å². The number of hydrogen-bond acceptors (Lipinski definition) is 4. The standard InChI is InChI=1S/C10H8Cl2O4/c11-7-2-1-6(8(12)4-7)3-9(14)16-10(15)5-13/h1-2,4,13H,3,5H2. The van der Waals surface area contributed by atoms with Crippen molar-refractivity contribution < 1.29 is 19.4 Å². The van der Waals surface area contributed by atoms with Gasteiger partial charge in [-0.2, -0.15) is 0 Å². The van der Waals surface area contributed by atoms with Crippen LogP contribution in [-0.4, -0.2) is 23.7 Å². The van der Waals surface area contributed by atoms with Gasteiger partial charge >= 0.3 is 11.9 Å². The van der Waals surface area contributed by atoms with E-state index in [1.165, 1.54) is 6.07 Å². The van der Waals surface area contributed by atoms with Gasteiger partial charge in [0.25, 0.3) is 0 Å². The van der Waals surface area contributed by atoms with E-state index in [9.17, 15) is 9.59 Å². The van der Waals surface area contributed by atoms with Crippen molar-refractivity contribution in [3.05, 3.63) is 33.8 Å². The second-order valence-electron chi connectivity index (χ2n) is 2.92. The Bertz CT molecular complexity index is 417. The first-order valence-corrected chi connectivity index (χ1v) is 5.07. The number of hydrogen-bond donors (Lipinski definition) is 1. The van der Waals surface area contributed by atoms with Crippen LogP contribution < -0.4 is 0 Å². The van der Waals surface area contributed by atoms with E-state index in [2.05, 4.69) is 4.74 Å². The zero-order valence-electron chi connectivity index (χ0n) is 8.07. The molecule has 0 fully saturated rings.